The molecule has 2 N–H and O–H groups in total. The number of nitrogens with zero attached hydrogens (tertiary/aromatic N) is 4. The van der Waals surface area contributed by atoms with Gasteiger partial charge in [-0.05, 0) is 63.8 Å². The van der Waals surface area contributed by atoms with Gasteiger partial charge in [0.25, 0.3) is 17.4 Å². The van der Waals surface area contributed by atoms with Crippen molar-refractivity contribution in [1.82, 2.24) is 15.2 Å². The number of amides is 1. The molecule has 9 nitrogen and oxygen atoms in total. The quantitative estimate of drug-likeness (QED) is 0.245. The largest absolute Gasteiger partial charge is 0.444 e. The Balaban J connectivity index is 0.00000185. The highest BCUT2D eigenvalue weighted by molar-refractivity contribution is 5.89. The molecule has 1 amide bonds. The van der Waals surface area contributed by atoms with Crippen molar-refractivity contribution < 1.29 is 49.8 Å². The first-order valence-electron chi connectivity index (χ1n) is 14.8. The second-order valence-corrected chi connectivity index (χ2v) is 10.8. The second-order valence-electron chi connectivity index (χ2n) is 10.8. The van der Waals surface area contributed by atoms with E-state index in [0.717, 1.165) is 12.1 Å². The van der Waals surface area contributed by atoms with Crippen molar-refractivity contribution in [1.29, 1.82) is 5.26 Å². The first-order valence-corrected chi connectivity index (χ1v) is 14.8. The number of hydrogen-bond donors (Lipinski definition) is 2. The van der Waals surface area contributed by atoms with Crippen LogP contribution in [0.15, 0.2) is 28.7 Å². The van der Waals surface area contributed by atoms with E-state index in [1.54, 1.807) is 6.07 Å². The zero-order chi connectivity index (χ0) is 36.0. The number of benzene rings is 1. The van der Waals surface area contributed by atoms with Crippen molar-refractivity contribution in [3.8, 4) is 17.7 Å². The predicted octanol–water partition coefficient (Wildman–Crippen LogP) is 8.82. The lowest BCUT2D eigenvalue weighted by molar-refractivity contribution is -0.256. The van der Waals surface area contributed by atoms with E-state index in [1.165, 1.54) is 26.8 Å². The molecule has 3 heterocycles. The van der Waals surface area contributed by atoms with Gasteiger partial charge in [0.2, 0.25) is 0 Å². The van der Waals surface area contributed by atoms with Crippen LogP contribution in [0.1, 0.15) is 102 Å². The fraction of sp³-hybridized carbons (Fsp3) is 0.516. The molecule has 16 heteroatoms. The van der Waals surface area contributed by atoms with Crippen LogP contribution in [-0.2, 0) is 22.9 Å². The highest BCUT2D eigenvalue weighted by Crippen LogP contribution is 2.46. The number of alkyl halides is 6. The molecule has 0 spiro atoms. The number of pyridine rings is 1. The van der Waals surface area contributed by atoms with Crippen LogP contribution in [-0.4, -0.2) is 38.2 Å². The number of carbonyl (C=O) groups excluding carboxylic acids is 1. The maximum absolute atomic E-state index is 14.8. The minimum Gasteiger partial charge on any atom is -0.444 e. The lowest BCUT2D eigenvalue weighted by atomic mass is 9.89. The number of ether oxygens (including phenoxy) is 1. The predicted molar refractivity (Wildman–Crippen MR) is 156 cm³/mol. The van der Waals surface area contributed by atoms with E-state index < -0.39 is 81.4 Å². The summed E-state index contributed by atoms with van der Waals surface area (Å²) < 4.78 is 111. The number of nitriles is 1. The number of anilines is 1. The van der Waals surface area contributed by atoms with Crippen molar-refractivity contribution in [3.05, 3.63) is 58.4 Å². The van der Waals surface area contributed by atoms with Crippen LogP contribution < -0.4 is 5.32 Å². The van der Waals surface area contributed by atoms with Gasteiger partial charge in [0.1, 0.15) is 11.4 Å². The minimum absolute atomic E-state index is 0.0397. The van der Waals surface area contributed by atoms with Gasteiger partial charge < -0.3 is 14.3 Å². The van der Waals surface area contributed by atoms with E-state index in [-0.39, 0.29) is 31.2 Å². The molecule has 1 aromatic carbocycles. The Hall–Kier alpha value is -4.26. The number of aromatic nitrogens is 3. The van der Waals surface area contributed by atoms with Crippen molar-refractivity contribution >= 4 is 11.8 Å². The topological polar surface area (TPSA) is 134 Å². The molecule has 1 aliphatic rings. The van der Waals surface area contributed by atoms with E-state index >= 15 is 0 Å². The first kappa shape index (κ1) is 38.9. The van der Waals surface area contributed by atoms with Crippen molar-refractivity contribution in [2.45, 2.75) is 104 Å². The first-order chi connectivity index (χ1) is 21.8. The average molecular weight is 676 g/mol. The Morgan fingerprint density at radius 1 is 1.06 bits per heavy atom. The minimum atomic E-state index is -5.62. The highest BCUT2D eigenvalue weighted by atomic mass is 19.4. The summed E-state index contributed by atoms with van der Waals surface area (Å²) in [6, 6.07) is 4.89. The Kier molecular flexibility index (Phi) is 12.5. The lowest BCUT2D eigenvalue weighted by Crippen LogP contribution is -2.44. The molecule has 0 fully saturated rings. The molecule has 258 valence electrons. The van der Waals surface area contributed by atoms with Gasteiger partial charge >= 0.3 is 18.4 Å². The third-order valence-electron chi connectivity index (χ3n) is 6.46. The summed E-state index contributed by atoms with van der Waals surface area (Å²) in [5.74, 6) is -5.43. The Bertz CT molecular complexity index is 1580. The number of rotatable bonds is 1. The Morgan fingerprint density at radius 2 is 1.70 bits per heavy atom. The molecule has 2 aromatic heterocycles. The van der Waals surface area contributed by atoms with Gasteiger partial charge in [-0.15, -0.1) is 10.2 Å². The molecular weight excluding hydrogens is 639 g/mol. The van der Waals surface area contributed by atoms with Crippen LogP contribution in [0.4, 0.5) is 41.2 Å². The van der Waals surface area contributed by atoms with Gasteiger partial charge in [0.05, 0.1) is 28.9 Å². The van der Waals surface area contributed by atoms with Crippen LogP contribution in [0.5, 0.6) is 0 Å². The fourth-order valence-corrected chi connectivity index (χ4v) is 4.49. The molecule has 3 aromatic rings. The average Bonchev–Trinajstić information content (AvgIpc) is 3.48. The molecule has 6 bridgehead atoms. The van der Waals surface area contributed by atoms with Gasteiger partial charge in [-0.25, -0.2) is 14.2 Å². The Morgan fingerprint density at radius 3 is 2.26 bits per heavy atom. The van der Waals surface area contributed by atoms with Gasteiger partial charge in [-0.2, -0.15) is 31.6 Å². The van der Waals surface area contributed by atoms with Crippen LogP contribution in [0, 0.1) is 17.1 Å². The van der Waals surface area contributed by atoms with Crippen molar-refractivity contribution in [3.63, 3.8) is 0 Å². The highest BCUT2D eigenvalue weighted by Gasteiger charge is 2.61. The number of halogens is 7. The van der Waals surface area contributed by atoms with Crippen LogP contribution in [0.3, 0.4) is 0 Å². The van der Waals surface area contributed by atoms with Gasteiger partial charge in [0, 0.05) is 5.56 Å². The standard InChI is InChI=1S/C27H24F7N5O4.2C2H6/c1-24(2,3)43-23(40)36-18-11-16(26(29,30)31)19-14(12-35)7-5-4-6-13-8-9-17(28)15(10-13)25(41,27(32,33)34)22-39-38-21(42-22)20(18)37-19;2*1-2/h8-11,14,41H,4-7H2,1-3H3,(H,36,40);2*1-2H3. The van der Waals surface area contributed by atoms with Crippen molar-refractivity contribution in [2.75, 3.05) is 5.32 Å². The summed E-state index contributed by atoms with van der Waals surface area (Å²) in [6.45, 7) is 12.4. The molecule has 0 radical (unpaired) electrons. The number of carbonyl (C=O) groups is 1. The molecule has 47 heavy (non-hydrogen) atoms. The lowest BCUT2D eigenvalue weighted by Gasteiger charge is -2.28. The maximum atomic E-state index is 14.8. The zero-order valence-corrected chi connectivity index (χ0v) is 26.8. The second kappa shape index (κ2) is 15.1. The fourth-order valence-electron chi connectivity index (χ4n) is 4.49. The number of nitrogens with one attached hydrogen (secondary N) is 1. The maximum Gasteiger partial charge on any atom is 0.430 e. The smallest absolute Gasteiger partial charge is 0.430 e. The third kappa shape index (κ3) is 8.76. The SMILES string of the molecule is CC.CC.CC(C)(C)OC(=O)Nc1cc(C(F)(F)F)c2nc1-c1nnc(o1)C(O)(C(F)(F)F)c1cc(ccc1F)CCCCC2C#N. The molecule has 2 atom stereocenters. The van der Waals surface area contributed by atoms with Gasteiger partial charge in [0.15, 0.2) is 5.69 Å². The summed E-state index contributed by atoms with van der Waals surface area (Å²) in [5, 5.41) is 29.5. The van der Waals surface area contributed by atoms with E-state index in [9.17, 15) is 45.9 Å². The molecule has 0 aliphatic carbocycles. The molecule has 2 unspecified atom stereocenters. The molecule has 0 saturated heterocycles. The van der Waals surface area contributed by atoms with Gasteiger partial charge in [-0.1, -0.05) is 40.2 Å². The number of aliphatic hydroxyl groups is 1. The molecule has 0 saturated carbocycles. The molecule has 4 rings (SSSR count). The van der Waals surface area contributed by atoms with E-state index in [0.29, 0.717) is 6.07 Å². The van der Waals surface area contributed by atoms with E-state index in [4.69, 9.17) is 9.15 Å². The summed E-state index contributed by atoms with van der Waals surface area (Å²) in [4.78, 5) is 16.4. The summed E-state index contributed by atoms with van der Waals surface area (Å²) >= 11 is 0. The van der Waals surface area contributed by atoms with Crippen molar-refractivity contribution in [2.24, 2.45) is 0 Å². The number of aryl methyl sites for hydroxylation is 1. The summed E-state index contributed by atoms with van der Waals surface area (Å²) in [7, 11) is 0. The normalized spacial score (nSPS) is 18.1. The Labute approximate surface area is 267 Å². The molecule has 1 aliphatic heterocycles. The third-order valence-corrected chi connectivity index (χ3v) is 6.46. The molecular formula is C31H36F7N5O4. The van der Waals surface area contributed by atoms with Crippen LogP contribution >= 0.6 is 0 Å². The van der Waals surface area contributed by atoms with Gasteiger partial charge in [-0.3, -0.25) is 5.32 Å². The summed E-state index contributed by atoms with van der Waals surface area (Å²) in [5.41, 5.74) is -10.1. The number of fused-ring (bicyclic) bond motifs is 7. The zero-order valence-electron chi connectivity index (χ0n) is 26.8. The summed E-state index contributed by atoms with van der Waals surface area (Å²) in [6.07, 6.45) is -11.7. The number of hydrogen-bond acceptors (Lipinski definition) is 8. The van der Waals surface area contributed by atoms with E-state index in [1.807, 2.05) is 27.7 Å². The van der Waals surface area contributed by atoms with E-state index in [2.05, 4.69) is 20.5 Å². The van der Waals surface area contributed by atoms with Crippen LogP contribution in [0.2, 0.25) is 0 Å². The van der Waals surface area contributed by atoms with Crippen LogP contribution in [0.25, 0.3) is 11.6 Å². The monoisotopic (exact) mass is 675 g/mol.